The highest BCUT2D eigenvalue weighted by atomic mass is 79.9. The molecule has 5 heteroatoms. The Kier molecular flexibility index (Phi) is 5.70. The molecule has 0 saturated heterocycles. The zero-order valence-corrected chi connectivity index (χ0v) is 9.55. The van der Waals surface area contributed by atoms with E-state index in [9.17, 15) is 9.59 Å². The van der Waals surface area contributed by atoms with Crippen molar-refractivity contribution in [3.8, 4) is 0 Å². The minimum atomic E-state index is -0.576. The highest BCUT2D eigenvalue weighted by Gasteiger charge is 2.22. The number of amides is 1. The van der Waals surface area contributed by atoms with Crippen molar-refractivity contribution in [2.45, 2.75) is 19.9 Å². The van der Waals surface area contributed by atoms with Crippen LogP contribution in [0.5, 0.6) is 0 Å². The number of methoxy groups -OCH3 is 1. The lowest BCUT2D eigenvalue weighted by molar-refractivity contribution is -0.119. The second kappa shape index (κ2) is 5.96. The van der Waals surface area contributed by atoms with Gasteiger partial charge in [0.2, 0.25) is 0 Å². The molecule has 1 N–H and O–H groups in total. The van der Waals surface area contributed by atoms with E-state index in [2.05, 4.69) is 26.0 Å². The zero-order valence-electron chi connectivity index (χ0n) is 7.96. The number of Topliss-reactive ketones (excluding diaryl/α,β-unsaturated/α-hetero) is 1. The molecular weight excluding hydrogens is 238 g/mol. The van der Waals surface area contributed by atoms with E-state index in [1.165, 1.54) is 7.11 Å². The summed E-state index contributed by atoms with van der Waals surface area (Å²) in [6, 6.07) is -0.480. The summed E-state index contributed by atoms with van der Waals surface area (Å²) in [7, 11) is 1.27. The van der Waals surface area contributed by atoms with Gasteiger partial charge in [0.1, 0.15) is 0 Å². The SMILES string of the molecule is COC(=O)NC(C(=O)CBr)C(C)C. The van der Waals surface area contributed by atoms with Gasteiger partial charge in [-0.2, -0.15) is 0 Å². The summed E-state index contributed by atoms with van der Waals surface area (Å²) < 4.78 is 4.41. The fraction of sp³-hybridized carbons (Fsp3) is 0.750. The van der Waals surface area contributed by atoms with Gasteiger partial charge in [-0.05, 0) is 5.92 Å². The van der Waals surface area contributed by atoms with Crippen LogP contribution in [0.1, 0.15) is 13.8 Å². The van der Waals surface area contributed by atoms with Gasteiger partial charge < -0.3 is 10.1 Å². The lowest BCUT2D eigenvalue weighted by Gasteiger charge is -2.19. The van der Waals surface area contributed by atoms with Crippen LogP contribution < -0.4 is 5.32 Å². The molecule has 0 saturated carbocycles. The van der Waals surface area contributed by atoms with Crippen molar-refractivity contribution < 1.29 is 14.3 Å². The van der Waals surface area contributed by atoms with Gasteiger partial charge >= 0.3 is 6.09 Å². The molecule has 0 aliphatic heterocycles. The maximum absolute atomic E-state index is 11.3. The number of rotatable bonds is 4. The average molecular weight is 252 g/mol. The molecule has 0 heterocycles. The van der Waals surface area contributed by atoms with Crippen LogP contribution >= 0.6 is 15.9 Å². The topological polar surface area (TPSA) is 55.4 Å². The fourth-order valence-electron chi connectivity index (χ4n) is 0.888. The quantitative estimate of drug-likeness (QED) is 0.768. The second-order valence-electron chi connectivity index (χ2n) is 2.96. The van der Waals surface area contributed by atoms with E-state index in [0.717, 1.165) is 0 Å². The van der Waals surface area contributed by atoms with Crippen molar-refractivity contribution in [3.05, 3.63) is 0 Å². The van der Waals surface area contributed by atoms with Gasteiger partial charge in [-0.1, -0.05) is 29.8 Å². The van der Waals surface area contributed by atoms with Gasteiger partial charge in [0.15, 0.2) is 5.78 Å². The lowest BCUT2D eigenvalue weighted by atomic mass is 10.0. The van der Waals surface area contributed by atoms with Crippen LogP contribution in [0.15, 0.2) is 0 Å². The highest BCUT2D eigenvalue weighted by molar-refractivity contribution is 9.09. The van der Waals surface area contributed by atoms with Gasteiger partial charge in [-0.25, -0.2) is 4.79 Å². The largest absolute Gasteiger partial charge is 0.453 e. The van der Waals surface area contributed by atoms with Crippen molar-refractivity contribution in [3.63, 3.8) is 0 Å². The van der Waals surface area contributed by atoms with Crippen molar-refractivity contribution in [2.24, 2.45) is 5.92 Å². The van der Waals surface area contributed by atoms with Crippen LogP contribution in [-0.2, 0) is 9.53 Å². The molecule has 0 aromatic rings. The summed E-state index contributed by atoms with van der Waals surface area (Å²) in [4.78, 5) is 22.1. The van der Waals surface area contributed by atoms with Crippen LogP contribution in [-0.4, -0.2) is 30.4 Å². The van der Waals surface area contributed by atoms with E-state index in [4.69, 9.17) is 0 Å². The number of alkyl carbamates (subject to hydrolysis) is 1. The molecule has 0 bridgehead atoms. The van der Waals surface area contributed by atoms with Crippen molar-refractivity contribution in [2.75, 3.05) is 12.4 Å². The maximum atomic E-state index is 11.3. The van der Waals surface area contributed by atoms with Gasteiger partial charge in [0.25, 0.3) is 0 Å². The molecule has 13 heavy (non-hydrogen) atoms. The van der Waals surface area contributed by atoms with E-state index < -0.39 is 12.1 Å². The molecule has 1 atom stereocenters. The molecule has 0 rings (SSSR count). The maximum Gasteiger partial charge on any atom is 0.407 e. The van der Waals surface area contributed by atoms with Crippen LogP contribution in [0.4, 0.5) is 4.79 Å². The number of nitrogens with one attached hydrogen (secondary N) is 1. The number of carbonyl (C=O) groups is 2. The number of alkyl halides is 1. The molecule has 0 fully saturated rings. The molecule has 0 aromatic carbocycles. The predicted molar refractivity (Wildman–Crippen MR) is 53.0 cm³/mol. The predicted octanol–water partition coefficient (Wildman–Crippen LogP) is 1.33. The third-order valence-corrected chi connectivity index (χ3v) is 2.16. The van der Waals surface area contributed by atoms with E-state index in [-0.39, 0.29) is 17.0 Å². The Bertz CT molecular complexity index is 194. The first kappa shape index (κ1) is 12.4. The van der Waals surface area contributed by atoms with Crippen LogP contribution in [0, 0.1) is 5.92 Å². The van der Waals surface area contributed by atoms with E-state index in [0.29, 0.717) is 0 Å². The average Bonchev–Trinajstić information content (AvgIpc) is 2.11. The monoisotopic (exact) mass is 251 g/mol. The standard InChI is InChI=1S/C8H14BrNO3/c1-5(2)7(6(11)4-9)10-8(12)13-3/h5,7H,4H2,1-3H3,(H,10,12). The zero-order chi connectivity index (χ0) is 10.4. The molecule has 1 amide bonds. The molecule has 0 aliphatic rings. The second-order valence-corrected chi connectivity index (χ2v) is 3.52. The first-order valence-corrected chi connectivity index (χ1v) is 5.08. The van der Waals surface area contributed by atoms with Crippen molar-refractivity contribution in [1.82, 2.24) is 5.32 Å². The minimum absolute atomic E-state index is 0.0552. The summed E-state index contributed by atoms with van der Waals surface area (Å²) in [6.45, 7) is 3.72. The Morgan fingerprint density at radius 2 is 2.00 bits per heavy atom. The normalized spacial score (nSPS) is 12.4. The number of ketones is 1. The fourth-order valence-corrected chi connectivity index (χ4v) is 1.24. The number of hydrogen-bond donors (Lipinski definition) is 1. The summed E-state index contributed by atoms with van der Waals surface area (Å²) in [5.41, 5.74) is 0. The Hall–Kier alpha value is -0.580. The lowest BCUT2D eigenvalue weighted by Crippen LogP contribution is -2.44. The first-order valence-electron chi connectivity index (χ1n) is 3.96. The molecule has 1 unspecified atom stereocenters. The number of hydrogen-bond acceptors (Lipinski definition) is 3. The van der Waals surface area contributed by atoms with Gasteiger partial charge in [-0.3, -0.25) is 4.79 Å². The van der Waals surface area contributed by atoms with Gasteiger partial charge in [0, 0.05) is 0 Å². The summed E-state index contributed by atoms with van der Waals surface area (Å²) >= 11 is 3.05. The minimum Gasteiger partial charge on any atom is -0.453 e. The molecular formula is C8H14BrNO3. The first-order chi connectivity index (χ1) is 6.02. The van der Waals surface area contributed by atoms with E-state index in [1.807, 2.05) is 13.8 Å². The van der Waals surface area contributed by atoms with Crippen LogP contribution in [0.2, 0.25) is 0 Å². The number of carbonyl (C=O) groups excluding carboxylic acids is 2. The Morgan fingerprint density at radius 3 is 2.31 bits per heavy atom. The Balaban J connectivity index is 4.26. The van der Waals surface area contributed by atoms with Gasteiger partial charge in [-0.15, -0.1) is 0 Å². The van der Waals surface area contributed by atoms with Crippen LogP contribution in [0.3, 0.4) is 0 Å². The van der Waals surface area contributed by atoms with E-state index in [1.54, 1.807) is 0 Å². The highest BCUT2D eigenvalue weighted by Crippen LogP contribution is 2.04. The van der Waals surface area contributed by atoms with Crippen LogP contribution in [0.25, 0.3) is 0 Å². The van der Waals surface area contributed by atoms with Crippen molar-refractivity contribution >= 4 is 27.8 Å². The third kappa shape index (κ3) is 4.26. The Morgan fingerprint density at radius 1 is 1.46 bits per heavy atom. The summed E-state index contributed by atoms with van der Waals surface area (Å²) in [5, 5.41) is 2.71. The smallest absolute Gasteiger partial charge is 0.407 e. The summed E-state index contributed by atoms with van der Waals surface area (Å²) in [6.07, 6.45) is -0.576. The number of ether oxygens (including phenoxy) is 1. The van der Waals surface area contributed by atoms with E-state index >= 15 is 0 Å². The van der Waals surface area contributed by atoms with Crippen molar-refractivity contribution in [1.29, 1.82) is 0 Å². The molecule has 0 spiro atoms. The molecule has 0 radical (unpaired) electrons. The molecule has 4 nitrogen and oxygen atoms in total. The Labute approximate surface area is 86.1 Å². The third-order valence-electron chi connectivity index (χ3n) is 1.60. The molecule has 76 valence electrons. The summed E-state index contributed by atoms with van der Waals surface area (Å²) in [5.74, 6) is 0.00421. The number of halogens is 1. The molecule has 0 aromatic heterocycles. The van der Waals surface area contributed by atoms with Gasteiger partial charge in [0.05, 0.1) is 18.5 Å². The molecule has 0 aliphatic carbocycles.